The molecular weight excluding hydrogens is 236 g/mol. The molecule has 0 aliphatic rings. The van der Waals surface area contributed by atoms with Gasteiger partial charge in [0.15, 0.2) is 0 Å². The molecule has 2 N–H and O–H groups in total. The minimum Gasteiger partial charge on any atom is -0.383 e. The van der Waals surface area contributed by atoms with Gasteiger partial charge in [0.05, 0.1) is 6.61 Å². The fraction of sp³-hybridized carbons (Fsp3) is 1.00. The van der Waals surface area contributed by atoms with Crippen LogP contribution in [0.2, 0.25) is 0 Å². The van der Waals surface area contributed by atoms with E-state index in [-0.39, 0.29) is 0 Å². The molecule has 0 aromatic heterocycles. The van der Waals surface area contributed by atoms with Crippen LogP contribution in [0.25, 0.3) is 0 Å². The molecule has 0 rings (SSSR count). The third kappa shape index (κ3) is 10.3. The Hall–Kier alpha value is -0.120. The van der Waals surface area contributed by atoms with Crippen molar-refractivity contribution >= 4 is 0 Å². The first kappa shape index (κ1) is 18.9. The van der Waals surface area contributed by atoms with E-state index >= 15 is 0 Å². The molecule has 19 heavy (non-hydrogen) atoms. The van der Waals surface area contributed by atoms with Crippen molar-refractivity contribution in [3.8, 4) is 0 Å². The first-order valence-electron chi connectivity index (χ1n) is 7.92. The van der Waals surface area contributed by atoms with Gasteiger partial charge in [-0.15, -0.1) is 0 Å². The SMILES string of the molecule is COCCN(CCCC(CCN)C(C)C)CC(C)C. The highest BCUT2D eigenvalue weighted by Crippen LogP contribution is 2.20. The summed E-state index contributed by atoms with van der Waals surface area (Å²) in [6.07, 6.45) is 3.75. The Balaban J connectivity index is 4.00. The van der Waals surface area contributed by atoms with E-state index in [1.807, 2.05) is 0 Å². The van der Waals surface area contributed by atoms with Crippen molar-refractivity contribution in [3.05, 3.63) is 0 Å². The number of rotatable bonds is 12. The molecule has 0 heterocycles. The van der Waals surface area contributed by atoms with Crippen LogP contribution in [0.4, 0.5) is 0 Å². The molecule has 0 aromatic rings. The summed E-state index contributed by atoms with van der Waals surface area (Å²) < 4.78 is 5.20. The van der Waals surface area contributed by atoms with Gasteiger partial charge in [0.1, 0.15) is 0 Å². The lowest BCUT2D eigenvalue weighted by Gasteiger charge is -2.26. The third-order valence-electron chi connectivity index (χ3n) is 3.76. The van der Waals surface area contributed by atoms with Crippen LogP contribution in [-0.4, -0.2) is 44.8 Å². The second kappa shape index (κ2) is 11.7. The molecule has 116 valence electrons. The van der Waals surface area contributed by atoms with Gasteiger partial charge in [-0.2, -0.15) is 0 Å². The Morgan fingerprint density at radius 1 is 1.05 bits per heavy atom. The van der Waals surface area contributed by atoms with Gasteiger partial charge in [0.25, 0.3) is 0 Å². The molecule has 1 atom stereocenters. The molecule has 0 saturated carbocycles. The van der Waals surface area contributed by atoms with Crippen molar-refractivity contribution < 1.29 is 4.74 Å². The van der Waals surface area contributed by atoms with Gasteiger partial charge in [-0.1, -0.05) is 27.7 Å². The van der Waals surface area contributed by atoms with Crippen molar-refractivity contribution in [2.24, 2.45) is 23.5 Å². The summed E-state index contributed by atoms with van der Waals surface area (Å²) in [6.45, 7) is 14.3. The van der Waals surface area contributed by atoms with Crippen molar-refractivity contribution in [2.75, 3.05) is 39.9 Å². The average Bonchev–Trinajstić information content (AvgIpc) is 2.33. The number of hydrogen-bond donors (Lipinski definition) is 1. The van der Waals surface area contributed by atoms with Crippen molar-refractivity contribution in [2.45, 2.75) is 47.0 Å². The highest BCUT2D eigenvalue weighted by atomic mass is 16.5. The van der Waals surface area contributed by atoms with E-state index in [0.717, 1.165) is 37.5 Å². The van der Waals surface area contributed by atoms with E-state index in [0.29, 0.717) is 0 Å². The van der Waals surface area contributed by atoms with Gasteiger partial charge in [-0.3, -0.25) is 0 Å². The van der Waals surface area contributed by atoms with Crippen molar-refractivity contribution in [3.63, 3.8) is 0 Å². The summed E-state index contributed by atoms with van der Waals surface area (Å²) in [7, 11) is 1.78. The zero-order valence-electron chi connectivity index (χ0n) is 13.8. The fourth-order valence-electron chi connectivity index (χ4n) is 2.63. The van der Waals surface area contributed by atoms with Gasteiger partial charge in [0.2, 0.25) is 0 Å². The molecule has 0 aliphatic carbocycles. The van der Waals surface area contributed by atoms with Crippen LogP contribution < -0.4 is 5.73 Å². The molecule has 0 amide bonds. The highest BCUT2D eigenvalue weighted by molar-refractivity contribution is 4.67. The third-order valence-corrected chi connectivity index (χ3v) is 3.76. The number of ether oxygens (including phenoxy) is 1. The zero-order valence-corrected chi connectivity index (χ0v) is 13.8. The van der Waals surface area contributed by atoms with Crippen LogP contribution in [0.15, 0.2) is 0 Å². The summed E-state index contributed by atoms with van der Waals surface area (Å²) >= 11 is 0. The van der Waals surface area contributed by atoms with Gasteiger partial charge >= 0.3 is 0 Å². The number of hydrogen-bond acceptors (Lipinski definition) is 3. The Labute approximate surface area is 120 Å². The van der Waals surface area contributed by atoms with E-state index in [4.69, 9.17) is 10.5 Å². The lowest BCUT2D eigenvalue weighted by atomic mass is 9.88. The Kier molecular flexibility index (Phi) is 11.6. The second-order valence-corrected chi connectivity index (χ2v) is 6.41. The monoisotopic (exact) mass is 272 g/mol. The van der Waals surface area contributed by atoms with E-state index in [2.05, 4.69) is 32.6 Å². The number of methoxy groups -OCH3 is 1. The van der Waals surface area contributed by atoms with Crippen LogP contribution in [0.1, 0.15) is 47.0 Å². The van der Waals surface area contributed by atoms with E-state index in [1.54, 1.807) is 7.11 Å². The van der Waals surface area contributed by atoms with Crippen LogP contribution in [-0.2, 0) is 4.74 Å². The molecule has 0 aromatic carbocycles. The van der Waals surface area contributed by atoms with Gasteiger partial charge in [0, 0.05) is 20.2 Å². The minimum atomic E-state index is 0.724. The standard InChI is InChI=1S/C16H36N2O/c1-14(2)13-18(11-12-19-5)10-6-7-16(8-9-17)15(3)4/h14-16H,6-13,17H2,1-5H3. The maximum atomic E-state index is 5.70. The fourth-order valence-corrected chi connectivity index (χ4v) is 2.63. The summed E-state index contributed by atoms with van der Waals surface area (Å²) in [4.78, 5) is 2.54. The minimum absolute atomic E-state index is 0.724. The number of nitrogens with two attached hydrogens (primary N) is 1. The van der Waals surface area contributed by atoms with Gasteiger partial charge < -0.3 is 15.4 Å². The van der Waals surface area contributed by atoms with Crippen molar-refractivity contribution in [1.29, 1.82) is 0 Å². The van der Waals surface area contributed by atoms with Crippen LogP contribution in [0, 0.1) is 17.8 Å². The molecule has 1 unspecified atom stereocenters. The molecule has 0 bridgehead atoms. The Morgan fingerprint density at radius 2 is 1.74 bits per heavy atom. The molecule has 0 spiro atoms. The summed E-state index contributed by atoms with van der Waals surface area (Å²) in [6, 6.07) is 0. The first-order valence-corrected chi connectivity index (χ1v) is 7.92. The van der Waals surface area contributed by atoms with Crippen molar-refractivity contribution in [1.82, 2.24) is 4.90 Å². The molecule has 3 nitrogen and oxygen atoms in total. The lowest BCUT2D eigenvalue weighted by molar-refractivity contribution is 0.136. The van der Waals surface area contributed by atoms with Crippen LogP contribution in [0.5, 0.6) is 0 Å². The van der Waals surface area contributed by atoms with E-state index < -0.39 is 0 Å². The Bertz CT molecular complexity index is 195. The maximum absolute atomic E-state index is 5.70. The molecule has 0 saturated heterocycles. The topological polar surface area (TPSA) is 38.5 Å². The van der Waals surface area contributed by atoms with E-state index in [1.165, 1.54) is 32.4 Å². The average molecular weight is 272 g/mol. The zero-order chi connectivity index (χ0) is 14.7. The molecule has 3 heteroatoms. The first-order chi connectivity index (χ1) is 9.01. The summed E-state index contributed by atoms with van der Waals surface area (Å²) in [5.74, 6) is 2.26. The predicted molar refractivity (Wildman–Crippen MR) is 84.4 cm³/mol. The molecular formula is C16H36N2O. The largest absolute Gasteiger partial charge is 0.383 e. The number of nitrogens with zero attached hydrogens (tertiary/aromatic N) is 1. The Morgan fingerprint density at radius 3 is 2.21 bits per heavy atom. The quantitative estimate of drug-likeness (QED) is 0.593. The van der Waals surface area contributed by atoms with Gasteiger partial charge in [-0.05, 0) is 50.1 Å². The van der Waals surface area contributed by atoms with Crippen LogP contribution in [0.3, 0.4) is 0 Å². The lowest BCUT2D eigenvalue weighted by Crippen LogP contribution is -2.32. The predicted octanol–water partition coefficient (Wildman–Crippen LogP) is 2.99. The highest BCUT2D eigenvalue weighted by Gasteiger charge is 2.13. The van der Waals surface area contributed by atoms with E-state index in [9.17, 15) is 0 Å². The maximum Gasteiger partial charge on any atom is 0.0589 e. The molecule has 0 radical (unpaired) electrons. The smallest absolute Gasteiger partial charge is 0.0589 e. The normalized spacial score (nSPS) is 13.7. The van der Waals surface area contributed by atoms with Gasteiger partial charge in [-0.25, -0.2) is 0 Å². The summed E-state index contributed by atoms with van der Waals surface area (Å²) in [5, 5.41) is 0. The molecule has 0 fully saturated rings. The molecule has 0 aliphatic heterocycles. The summed E-state index contributed by atoms with van der Waals surface area (Å²) in [5.41, 5.74) is 5.70. The second-order valence-electron chi connectivity index (χ2n) is 6.41. The van der Waals surface area contributed by atoms with Crippen LogP contribution >= 0.6 is 0 Å².